The van der Waals surface area contributed by atoms with Crippen molar-refractivity contribution < 1.29 is 19.1 Å². The Morgan fingerprint density at radius 1 is 1.32 bits per heavy atom. The second kappa shape index (κ2) is 9.98. The lowest BCUT2D eigenvalue weighted by molar-refractivity contribution is 0.00922. The Bertz CT molecular complexity index is 818. The molecular formula is C21H24ClFN2O3. The van der Waals surface area contributed by atoms with Crippen LogP contribution in [0.25, 0.3) is 0 Å². The highest BCUT2D eigenvalue weighted by Crippen LogP contribution is 2.21. The lowest BCUT2D eigenvalue weighted by Crippen LogP contribution is -2.39. The summed E-state index contributed by atoms with van der Waals surface area (Å²) in [6, 6.07) is 14.1. The highest BCUT2D eigenvalue weighted by atomic mass is 35.5. The molecular weight excluding hydrogens is 383 g/mol. The molecule has 0 radical (unpaired) electrons. The van der Waals surface area contributed by atoms with E-state index in [4.69, 9.17) is 21.2 Å². The second-order valence-electron chi connectivity index (χ2n) is 6.88. The van der Waals surface area contributed by atoms with Gasteiger partial charge in [0.1, 0.15) is 11.9 Å². The Kier molecular flexibility index (Phi) is 7.39. The largest absolute Gasteiger partial charge is 0.390 e. The van der Waals surface area contributed by atoms with Crippen LogP contribution in [0.1, 0.15) is 17.5 Å². The fraction of sp³-hybridized carbons (Fsp3) is 0.381. The van der Waals surface area contributed by atoms with Gasteiger partial charge in [-0.25, -0.2) is 4.39 Å². The number of halogens is 2. The number of benzene rings is 2. The van der Waals surface area contributed by atoms with Crippen LogP contribution in [0.2, 0.25) is 5.02 Å². The summed E-state index contributed by atoms with van der Waals surface area (Å²) < 4.78 is 19.0. The van der Waals surface area contributed by atoms with Gasteiger partial charge < -0.3 is 14.7 Å². The maximum atomic E-state index is 14.0. The quantitative estimate of drug-likeness (QED) is 0.692. The van der Waals surface area contributed by atoms with Crippen LogP contribution in [0.15, 0.2) is 53.7 Å². The third kappa shape index (κ3) is 5.75. The molecule has 5 nitrogen and oxygen atoms in total. The Balaban J connectivity index is 1.65. The number of oxime groups is 1. The molecule has 2 atom stereocenters. The van der Waals surface area contributed by atoms with Gasteiger partial charge in [0.05, 0.1) is 18.4 Å². The average molecular weight is 407 g/mol. The van der Waals surface area contributed by atoms with E-state index in [1.165, 1.54) is 6.07 Å². The van der Waals surface area contributed by atoms with Crippen molar-refractivity contribution in [1.29, 1.82) is 0 Å². The molecule has 0 spiro atoms. The van der Waals surface area contributed by atoms with Crippen LogP contribution in [0.5, 0.6) is 0 Å². The standard InChI is InChI=1S/C21H24ClFN2O3/c1-27-14-17(26)12-25(11-15-5-4-6-16(22)9-15)13-18-10-21(24-28-18)19-7-2-3-8-20(19)23/h2-9,17-18,26H,10-14H2,1H3/t17-,18+/m0/s1. The van der Waals surface area contributed by atoms with Gasteiger partial charge in [0.15, 0.2) is 0 Å². The van der Waals surface area contributed by atoms with Crippen LogP contribution in [0.4, 0.5) is 4.39 Å². The SMILES string of the molecule is COC[C@@H](O)CN(Cc1cccc(Cl)c1)C[C@H]1CC(c2ccccc2F)=NO1. The molecule has 2 aromatic carbocycles. The monoisotopic (exact) mass is 406 g/mol. The summed E-state index contributed by atoms with van der Waals surface area (Å²) in [5.74, 6) is -0.309. The van der Waals surface area contributed by atoms with Gasteiger partial charge in [0.2, 0.25) is 0 Å². The minimum Gasteiger partial charge on any atom is -0.390 e. The Hall–Kier alpha value is -1.99. The molecule has 1 heterocycles. The maximum Gasteiger partial charge on any atom is 0.145 e. The number of nitrogens with zero attached hydrogens (tertiary/aromatic N) is 2. The molecule has 3 rings (SSSR count). The molecule has 2 aromatic rings. The summed E-state index contributed by atoms with van der Waals surface area (Å²) in [7, 11) is 1.55. The zero-order chi connectivity index (χ0) is 19.9. The van der Waals surface area contributed by atoms with E-state index in [-0.39, 0.29) is 18.5 Å². The third-order valence-corrected chi connectivity index (χ3v) is 4.74. The lowest BCUT2D eigenvalue weighted by Gasteiger charge is -2.26. The van der Waals surface area contributed by atoms with Gasteiger partial charge in [0.25, 0.3) is 0 Å². The van der Waals surface area contributed by atoms with Crippen LogP contribution in [0.3, 0.4) is 0 Å². The van der Waals surface area contributed by atoms with Gasteiger partial charge in [-0.1, -0.05) is 47.1 Å². The predicted molar refractivity (Wildman–Crippen MR) is 107 cm³/mol. The van der Waals surface area contributed by atoms with Crippen molar-refractivity contribution in [2.75, 3.05) is 26.8 Å². The summed E-state index contributed by atoms with van der Waals surface area (Å²) in [5, 5.41) is 14.9. The first kappa shape index (κ1) is 20.7. The molecule has 0 aliphatic carbocycles. The van der Waals surface area contributed by atoms with Gasteiger partial charge in [-0.15, -0.1) is 0 Å². The first-order valence-electron chi connectivity index (χ1n) is 9.16. The van der Waals surface area contributed by atoms with Crippen LogP contribution in [-0.2, 0) is 16.1 Å². The number of aliphatic hydroxyl groups is 1. The summed E-state index contributed by atoms with van der Waals surface area (Å²) in [5.41, 5.74) is 2.10. The third-order valence-electron chi connectivity index (χ3n) is 4.50. The number of hydrogen-bond acceptors (Lipinski definition) is 5. The van der Waals surface area contributed by atoms with E-state index in [0.29, 0.717) is 42.4 Å². The van der Waals surface area contributed by atoms with Crippen molar-refractivity contribution in [2.45, 2.75) is 25.2 Å². The van der Waals surface area contributed by atoms with Crippen molar-refractivity contribution in [1.82, 2.24) is 4.90 Å². The van der Waals surface area contributed by atoms with Crippen molar-refractivity contribution >= 4 is 17.3 Å². The molecule has 1 aliphatic rings. The molecule has 0 bridgehead atoms. The van der Waals surface area contributed by atoms with Gasteiger partial charge in [-0.2, -0.15) is 0 Å². The molecule has 0 saturated heterocycles. The van der Waals surface area contributed by atoms with Gasteiger partial charge in [-0.3, -0.25) is 4.90 Å². The van der Waals surface area contributed by atoms with Gasteiger partial charge in [-0.05, 0) is 23.8 Å². The zero-order valence-corrected chi connectivity index (χ0v) is 16.5. The molecule has 0 amide bonds. The minimum absolute atomic E-state index is 0.219. The molecule has 28 heavy (non-hydrogen) atoms. The first-order chi connectivity index (χ1) is 13.5. The Labute approximate surface area is 169 Å². The maximum absolute atomic E-state index is 14.0. The average Bonchev–Trinajstić information content (AvgIpc) is 3.10. The highest BCUT2D eigenvalue weighted by Gasteiger charge is 2.27. The van der Waals surface area contributed by atoms with Crippen molar-refractivity contribution in [3.05, 3.63) is 70.5 Å². The van der Waals surface area contributed by atoms with E-state index in [0.717, 1.165) is 5.56 Å². The molecule has 0 unspecified atom stereocenters. The fourth-order valence-electron chi connectivity index (χ4n) is 3.31. The van der Waals surface area contributed by atoms with Gasteiger partial charge >= 0.3 is 0 Å². The molecule has 150 valence electrons. The molecule has 0 saturated carbocycles. The minimum atomic E-state index is -0.627. The van der Waals surface area contributed by atoms with Gasteiger partial charge in [0, 0.05) is 43.8 Å². The summed E-state index contributed by atoms with van der Waals surface area (Å²) in [4.78, 5) is 7.62. The van der Waals surface area contributed by atoms with Crippen molar-refractivity contribution in [2.24, 2.45) is 5.16 Å². The van der Waals surface area contributed by atoms with Crippen LogP contribution in [-0.4, -0.2) is 54.7 Å². The lowest BCUT2D eigenvalue weighted by atomic mass is 10.0. The van der Waals surface area contributed by atoms with Crippen LogP contribution in [0, 0.1) is 5.82 Å². The smallest absolute Gasteiger partial charge is 0.145 e. The number of rotatable bonds is 9. The molecule has 1 N–H and O–H groups in total. The van der Waals surface area contributed by atoms with E-state index < -0.39 is 6.10 Å². The highest BCUT2D eigenvalue weighted by molar-refractivity contribution is 6.30. The first-order valence-corrected chi connectivity index (χ1v) is 9.54. The predicted octanol–water partition coefficient (Wildman–Crippen LogP) is 3.48. The summed E-state index contributed by atoms with van der Waals surface area (Å²) in [6.07, 6.45) is -0.339. The summed E-state index contributed by atoms with van der Waals surface area (Å²) in [6.45, 7) is 1.79. The van der Waals surface area contributed by atoms with Crippen molar-refractivity contribution in [3.8, 4) is 0 Å². The Morgan fingerprint density at radius 3 is 2.89 bits per heavy atom. The van der Waals surface area contributed by atoms with E-state index in [2.05, 4.69) is 10.1 Å². The van der Waals surface area contributed by atoms with E-state index in [1.807, 2.05) is 24.3 Å². The number of aliphatic hydroxyl groups excluding tert-OH is 1. The molecule has 0 fully saturated rings. The normalized spacial score (nSPS) is 17.5. The van der Waals surface area contributed by atoms with Crippen molar-refractivity contribution in [3.63, 3.8) is 0 Å². The molecule has 0 aromatic heterocycles. The topological polar surface area (TPSA) is 54.3 Å². The van der Waals surface area contributed by atoms with Crippen LogP contribution < -0.4 is 0 Å². The Morgan fingerprint density at radius 2 is 2.14 bits per heavy atom. The van der Waals surface area contributed by atoms with E-state index in [9.17, 15) is 9.50 Å². The number of ether oxygens (including phenoxy) is 1. The second-order valence-corrected chi connectivity index (χ2v) is 7.32. The van der Waals surface area contributed by atoms with Crippen LogP contribution >= 0.6 is 11.6 Å². The molecule has 1 aliphatic heterocycles. The number of hydrogen-bond donors (Lipinski definition) is 1. The van der Waals surface area contributed by atoms with E-state index in [1.54, 1.807) is 25.3 Å². The summed E-state index contributed by atoms with van der Waals surface area (Å²) >= 11 is 6.09. The number of methoxy groups -OCH3 is 1. The van der Waals surface area contributed by atoms with E-state index >= 15 is 0 Å². The molecule has 7 heteroatoms. The zero-order valence-electron chi connectivity index (χ0n) is 15.7. The fourth-order valence-corrected chi connectivity index (χ4v) is 3.52.